The number of hydrogen-bond acceptors (Lipinski definition) is 3. The molecule has 11 rings (SSSR count). The Morgan fingerprint density at radius 2 is 1.02 bits per heavy atom. The van der Waals surface area contributed by atoms with E-state index in [1.165, 1.54) is 47.5 Å². The number of hydrogen-bond donors (Lipinski definition) is 0. The van der Waals surface area contributed by atoms with Gasteiger partial charge in [0.25, 0.3) is 0 Å². The summed E-state index contributed by atoms with van der Waals surface area (Å²) in [6, 6.07) is 67.9. The first-order chi connectivity index (χ1) is 26.3. The largest absolute Gasteiger partial charge is 0.455 e. The molecule has 0 bridgehead atoms. The molecule has 0 aliphatic heterocycles. The number of para-hydroxylation sites is 1. The molecule has 0 saturated carbocycles. The molecular weight excluding hydrogens is 663 g/mol. The molecule has 3 heteroatoms. The molecule has 0 radical (unpaired) electrons. The summed E-state index contributed by atoms with van der Waals surface area (Å²) >= 11 is 1.87. The van der Waals surface area contributed by atoms with Crippen LogP contribution in [0.25, 0.3) is 85.9 Å². The maximum absolute atomic E-state index is 6.54. The van der Waals surface area contributed by atoms with Gasteiger partial charge in [0.05, 0.1) is 11.4 Å². The van der Waals surface area contributed by atoms with Crippen molar-refractivity contribution in [3.8, 4) is 22.3 Å². The Morgan fingerprint density at radius 1 is 0.396 bits per heavy atom. The highest BCUT2D eigenvalue weighted by molar-refractivity contribution is 7.26. The van der Waals surface area contributed by atoms with Crippen LogP contribution in [-0.4, -0.2) is 0 Å². The third-order valence-corrected chi connectivity index (χ3v) is 11.9. The molecule has 0 amide bonds. The van der Waals surface area contributed by atoms with E-state index in [0.717, 1.165) is 55.5 Å². The average Bonchev–Trinajstić information content (AvgIpc) is 3.81. The summed E-state index contributed by atoms with van der Waals surface area (Å²) < 4.78 is 9.16. The molecule has 0 aliphatic carbocycles. The van der Waals surface area contributed by atoms with Gasteiger partial charge in [0.1, 0.15) is 11.2 Å². The first-order valence-corrected chi connectivity index (χ1v) is 18.8. The van der Waals surface area contributed by atoms with E-state index in [4.69, 9.17) is 4.42 Å². The Hall–Kier alpha value is -6.68. The highest BCUT2D eigenvalue weighted by Gasteiger charge is 2.22. The smallest absolute Gasteiger partial charge is 0.143 e. The van der Waals surface area contributed by atoms with Gasteiger partial charge in [-0.05, 0) is 64.4 Å². The van der Waals surface area contributed by atoms with E-state index in [1.807, 2.05) is 11.3 Å². The van der Waals surface area contributed by atoms with Crippen molar-refractivity contribution in [2.75, 3.05) is 4.90 Å². The number of furan rings is 1. The van der Waals surface area contributed by atoms with Crippen LogP contribution in [0, 0.1) is 0 Å². The fourth-order valence-corrected chi connectivity index (χ4v) is 9.48. The lowest BCUT2D eigenvalue weighted by molar-refractivity contribution is 0.673. The topological polar surface area (TPSA) is 16.4 Å². The minimum absolute atomic E-state index is 0.902. The zero-order valence-electron chi connectivity index (χ0n) is 28.7. The van der Waals surface area contributed by atoms with Crippen molar-refractivity contribution in [2.24, 2.45) is 0 Å². The quantitative estimate of drug-likeness (QED) is 0.178. The molecule has 9 aromatic carbocycles. The minimum atomic E-state index is 0.902. The van der Waals surface area contributed by atoms with Crippen LogP contribution in [0.5, 0.6) is 0 Å². The number of thiophene rings is 1. The Labute approximate surface area is 310 Å². The predicted octanol–water partition coefficient (Wildman–Crippen LogP) is 15.1. The highest BCUT2D eigenvalue weighted by Crippen LogP contribution is 2.48. The molecule has 0 aliphatic rings. The summed E-state index contributed by atoms with van der Waals surface area (Å²) in [5.41, 5.74) is 9.97. The molecule has 11 aromatic rings. The molecular formula is C50H31NOS. The van der Waals surface area contributed by atoms with Gasteiger partial charge in [-0.1, -0.05) is 146 Å². The highest BCUT2D eigenvalue weighted by atomic mass is 32.1. The van der Waals surface area contributed by atoms with Gasteiger partial charge in [-0.15, -0.1) is 11.3 Å². The zero-order chi connectivity index (χ0) is 34.9. The molecule has 0 spiro atoms. The van der Waals surface area contributed by atoms with Crippen molar-refractivity contribution in [2.45, 2.75) is 0 Å². The third-order valence-electron chi connectivity index (χ3n) is 10.7. The third kappa shape index (κ3) is 4.71. The summed E-state index contributed by atoms with van der Waals surface area (Å²) in [5.74, 6) is 0. The van der Waals surface area contributed by atoms with Gasteiger partial charge in [-0.3, -0.25) is 0 Å². The van der Waals surface area contributed by atoms with E-state index in [2.05, 4.69) is 193 Å². The molecule has 0 saturated heterocycles. The van der Waals surface area contributed by atoms with E-state index in [-0.39, 0.29) is 0 Å². The summed E-state index contributed by atoms with van der Waals surface area (Å²) in [6.45, 7) is 0. The van der Waals surface area contributed by atoms with E-state index in [1.54, 1.807) is 0 Å². The second-order valence-electron chi connectivity index (χ2n) is 13.6. The lowest BCUT2D eigenvalue weighted by Crippen LogP contribution is -2.11. The zero-order valence-corrected chi connectivity index (χ0v) is 29.5. The molecule has 2 nitrogen and oxygen atoms in total. The molecule has 2 heterocycles. The SMILES string of the molecule is c1ccc(N(c2ccc(-c3cccc4oc5c6ccccc6ccc5c34)cc2)c2cccc3ccccc23)c(-c2cccc3c2sc2ccccc23)c1. The molecule has 0 atom stereocenters. The van der Waals surface area contributed by atoms with Gasteiger partial charge in [-0.25, -0.2) is 0 Å². The van der Waals surface area contributed by atoms with Crippen LogP contribution in [0.15, 0.2) is 192 Å². The van der Waals surface area contributed by atoms with Crippen LogP contribution in [0.2, 0.25) is 0 Å². The normalized spacial score (nSPS) is 11.8. The Kier molecular flexibility index (Phi) is 6.76. The first-order valence-electron chi connectivity index (χ1n) is 18.0. The Bertz CT molecular complexity index is 3180. The lowest BCUT2D eigenvalue weighted by atomic mass is 9.97. The maximum atomic E-state index is 6.54. The number of fused-ring (bicyclic) bond motifs is 9. The standard InChI is InChI=1S/C50H31NOS/c1-3-15-36-32(12-1)14-9-23-44(36)51(45-22-7-5-17-39(45)41-20-10-21-42-40-18-6-8-25-47(40)53-50(41)42)35-29-26-34(27-30-35)37-19-11-24-46-48(37)43-31-28-33-13-2-4-16-38(33)49(43)52-46/h1-31H. The Balaban J connectivity index is 1.11. The number of rotatable bonds is 5. The van der Waals surface area contributed by atoms with Crippen molar-refractivity contribution < 1.29 is 4.42 Å². The summed E-state index contributed by atoms with van der Waals surface area (Å²) in [4.78, 5) is 2.44. The van der Waals surface area contributed by atoms with Gasteiger partial charge in [0.2, 0.25) is 0 Å². The molecule has 0 unspecified atom stereocenters. The lowest BCUT2D eigenvalue weighted by Gasteiger charge is -2.29. The summed E-state index contributed by atoms with van der Waals surface area (Å²) in [6.07, 6.45) is 0. The minimum Gasteiger partial charge on any atom is -0.455 e. The van der Waals surface area contributed by atoms with E-state index < -0.39 is 0 Å². The first kappa shape index (κ1) is 30.0. The van der Waals surface area contributed by atoms with Crippen LogP contribution < -0.4 is 4.90 Å². The van der Waals surface area contributed by atoms with Gasteiger partial charge in [0, 0.05) is 58.5 Å². The van der Waals surface area contributed by atoms with Crippen LogP contribution in [0.3, 0.4) is 0 Å². The monoisotopic (exact) mass is 693 g/mol. The number of benzene rings is 9. The molecule has 0 N–H and O–H groups in total. The summed E-state index contributed by atoms with van der Waals surface area (Å²) in [7, 11) is 0. The van der Waals surface area contributed by atoms with Crippen LogP contribution in [0.1, 0.15) is 0 Å². The van der Waals surface area contributed by atoms with E-state index in [9.17, 15) is 0 Å². The number of anilines is 3. The molecule has 0 fully saturated rings. The van der Waals surface area contributed by atoms with E-state index in [0.29, 0.717) is 0 Å². The van der Waals surface area contributed by atoms with E-state index >= 15 is 0 Å². The van der Waals surface area contributed by atoms with Crippen molar-refractivity contribution in [1.29, 1.82) is 0 Å². The maximum Gasteiger partial charge on any atom is 0.143 e. The van der Waals surface area contributed by atoms with Crippen molar-refractivity contribution >= 4 is 92.1 Å². The van der Waals surface area contributed by atoms with Crippen LogP contribution in [0.4, 0.5) is 17.1 Å². The predicted molar refractivity (Wildman–Crippen MR) is 227 cm³/mol. The van der Waals surface area contributed by atoms with Crippen LogP contribution >= 0.6 is 11.3 Å². The van der Waals surface area contributed by atoms with Crippen molar-refractivity contribution in [3.05, 3.63) is 188 Å². The average molecular weight is 694 g/mol. The van der Waals surface area contributed by atoms with Gasteiger partial charge in [0.15, 0.2) is 0 Å². The molecule has 2 aromatic heterocycles. The van der Waals surface area contributed by atoms with Crippen molar-refractivity contribution in [3.63, 3.8) is 0 Å². The Morgan fingerprint density at radius 3 is 1.91 bits per heavy atom. The van der Waals surface area contributed by atoms with Crippen LogP contribution in [-0.2, 0) is 0 Å². The molecule has 248 valence electrons. The van der Waals surface area contributed by atoms with Gasteiger partial charge < -0.3 is 9.32 Å². The second-order valence-corrected chi connectivity index (χ2v) is 14.7. The molecule has 53 heavy (non-hydrogen) atoms. The summed E-state index contributed by atoms with van der Waals surface area (Å²) in [5, 5.41) is 9.63. The van der Waals surface area contributed by atoms with Gasteiger partial charge in [-0.2, -0.15) is 0 Å². The fraction of sp³-hybridized carbons (Fsp3) is 0. The van der Waals surface area contributed by atoms with Gasteiger partial charge >= 0.3 is 0 Å². The fourth-order valence-electron chi connectivity index (χ4n) is 8.25. The van der Waals surface area contributed by atoms with Crippen molar-refractivity contribution in [1.82, 2.24) is 0 Å². The second kappa shape index (κ2) is 11.9. The number of nitrogens with zero attached hydrogens (tertiary/aromatic N) is 1.